The van der Waals surface area contributed by atoms with Crippen molar-refractivity contribution in [2.24, 2.45) is 0 Å². The summed E-state index contributed by atoms with van der Waals surface area (Å²) in [5, 5.41) is 13.4. The minimum absolute atomic E-state index is 0.467. The van der Waals surface area contributed by atoms with Gasteiger partial charge in [-0.25, -0.2) is 0 Å². The van der Waals surface area contributed by atoms with Crippen LogP contribution in [0, 0.1) is 11.8 Å². The van der Waals surface area contributed by atoms with Gasteiger partial charge in [0.2, 0.25) is 5.82 Å². The van der Waals surface area contributed by atoms with E-state index < -0.39 is 0 Å². The van der Waals surface area contributed by atoms with Crippen LogP contribution in [0.2, 0.25) is 0 Å². The van der Waals surface area contributed by atoms with E-state index in [-0.39, 0.29) is 0 Å². The predicted octanol–water partition coefficient (Wildman–Crippen LogP) is 2.50. The standard InChI is InChI=1S/C14H12N4O/c1-2-3-4-8-18-16-14(15-17-18)12-5-6-13-11(10-12)7-9-19-13/h5-7,9-10H,2,8H2,1H3. The molecule has 0 spiro atoms. The average molecular weight is 252 g/mol. The lowest BCUT2D eigenvalue weighted by atomic mass is 10.1. The summed E-state index contributed by atoms with van der Waals surface area (Å²) in [4.78, 5) is 1.50. The fraction of sp³-hybridized carbons (Fsp3) is 0.214. The number of tetrazole rings is 1. The van der Waals surface area contributed by atoms with Crippen molar-refractivity contribution in [2.75, 3.05) is 0 Å². The van der Waals surface area contributed by atoms with Gasteiger partial charge in [0, 0.05) is 17.4 Å². The second kappa shape index (κ2) is 4.94. The quantitative estimate of drug-likeness (QED) is 0.657. The molecule has 0 saturated heterocycles. The molecule has 0 unspecified atom stereocenters. The number of fused-ring (bicyclic) bond motifs is 1. The molecular weight excluding hydrogens is 240 g/mol. The second-order valence-corrected chi connectivity index (χ2v) is 4.02. The lowest BCUT2D eigenvalue weighted by molar-refractivity contribution is 0.592. The third-order valence-electron chi connectivity index (χ3n) is 2.69. The van der Waals surface area contributed by atoms with Crippen LogP contribution in [-0.2, 0) is 6.54 Å². The number of aromatic nitrogens is 4. The summed E-state index contributed by atoms with van der Waals surface area (Å²) in [5.41, 5.74) is 1.77. The Morgan fingerprint density at radius 1 is 1.26 bits per heavy atom. The van der Waals surface area contributed by atoms with Crippen LogP contribution >= 0.6 is 0 Å². The molecule has 3 aromatic rings. The zero-order valence-electron chi connectivity index (χ0n) is 10.5. The molecule has 2 heterocycles. The van der Waals surface area contributed by atoms with E-state index in [1.807, 2.05) is 31.2 Å². The first kappa shape index (κ1) is 11.5. The molecule has 2 aromatic heterocycles. The maximum Gasteiger partial charge on any atom is 0.204 e. The topological polar surface area (TPSA) is 56.7 Å². The van der Waals surface area contributed by atoms with E-state index in [2.05, 4.69) is 27.3 Å². The normalized spacial score (nSPS) is 10.4. The molecule has 0 aliphatic heterocycles. The van der Waals surface area contributed by atoms with E-state index in [1.165, 1.54) is 4.80 Å². The van der Waals surface area contributed by atoms with Crippen molar-refractivity contribution in [2.45, 2.75) is 19.9 Å². The molecule has 0 aliphatic carbocycles. The van der Waals surface area contributed by atoms with Gasteiger partial charge >= 0.3 is 0 Å². The largest absolute Gasteiger partial charge is 0.464 e. The first-order chi connectivity index (χ1) is 9.36. The fourth-order valence-corrected chi connectivity index (χ4v) is 1.78. The molecule has 0 radical (unpaired) electrons. The summed E-state index contributed by atoms with van der Waals surface area (Å²) in [6.07, 6.45) is 2.50. The lowest BCUT2D eigenvalue weighted by Crippen LogP contribution is -2.00. The molecule has 0 amide bonds. The van der Waals surface area contributed by atoms with Gasteiger partial charge in [0.25, 0.3) is 0 Å². The van der Waals surface area contributed by atoms with Crippen LogP contribution in [0.3, 0.4) is 0 Å². The third kappa shape index (κ3) is 2.33. The predicted molar refractivity (Wildman–Crippen MR) is 71.1 cm³/mol. The minimum atomic E-state index is 0.467. The van der Waals surface area contributed by atoms with Gasteiger partial charge in [-0.15, -0.1) is 16.1 Å². The molecule has 0 fully saturated rings. The number of hydrogen-bond donors (Lipinski definition) is 0. The molecule has 19 heavy (non-hydrogen) atoms. The van der Waals surface area contributed by atoms with Gasteiger partial charge in [-0.3, -0.25) is 0 Å². The molecule has 3 rings (SSSR count). The lowest BCUT2D eigenvalue weighted by Gasteiger charge is -1.94. The van der Waals surface area contributed by atoms with Gasteiger partial charge < -0.3 is 4.42 Å². The van der Waals surface area contributed by atoms with E-state index in [1.54, 1.807) is 6.26 Å². The van der Waals surface area contributed by atoms with Gasteiger partial charge in [-0.2, -0.15) is 4.80 Å². The second-order valence-electron chi connectivity index (χ2n) is 4.02. The Morgan fingerprint density at radius 2 is 2.21 bits per heavy atom. The van der Waals surface area contributed by atoms with Crippen LogP contribution in [-0.4, -0.2) is 20.2 Å². The SMILES string of the molecule is CCC#CCn1nnc(-c2ccc3occc3c2)n1. The highest BCUT2D eigenvalue weighted by Crippen LogP contribution is 2.21. The Kier molecular flexibility index (Phi) is 2.99. The number of hydrogen-bond acceptors (Lipinski definition) is 4. The number of furan rings is 1. The fourth-order valence-electron chi connectivity index (χ4n) is 1.78. The van der Waals surface area contributed by atoms with E-state index in [0.717, 1.165) is 23.0 Å². The Bertz CT molecular complexity index is 760. The van der Waals surface area contributed by atoms with Crippen molar-refractivity contribution in [3.63, 3.8) is 0 Å². The van der Waals surface area contributed by atoms with E-state index in [4.69, 9.17) is 4.42 Å². The summed E-state index contributed by atoms with van der Waals surface area (Å²) in [7, 11) is 0. The summed E-state index contributed by atoms with van der Waals surface area (Å²) in [5.74, 6) is 6.55. The zero-order valence-corrected chi connectivity index (χ0v) is 10.5. The summed E-state index contributed by atoms with van der Waals surface area (Å²) in [6, 6.07) is 7.72. The molecular formula is C14H12N4O. The summed E-state index contributed by atoms with van der Waals surface area (Å²) >= 11 is 0. The number of rotatable bonds is 2. The molecule has 5 heteroatoms. The van der Waals surface area contributed by atoms with Crippen molar-refractivity contribution < 1.29 is 4.42 Å². The van der Waals surface area contributed by atoms with E-state index in [0.29, 0.717) is 12.4 Å². The minimum Gasteiger partial charge on any atom is -0.464 e. The molecule has 0 saturated carbocycles. The van der Waals surface area contributed by atoms with Crippen LogP contribution in [0.15, 0.2) is 34.9 Å². The molecule has 0 N–H and O–H groups in total. The van der Waals surface area contributed by atoms with E-state index >= 15 is 0 Å². The number of nitrogens with zero attached hydrogens (tertiary/aromatic N) is 4. The maximum absolute atomic E-state index is 5.30. The van der Waals surface area contributed by atoms with Crippen LogP contribution in [0.1, 0.15) is 13.3 Å². The van der Waals surface area contributed by atoms with Crippen molar-refractivity contribution in [1.29, 1.82) is 0 Å². The van der Waals surface area contributed by atoms with Crippen molar-refractivity contribution in [1.82, 2.24) is 20.2 Å². The van der Waals surface area contributed by atoms with Crippen LogP contribution < -0.4 is 0 Å². The maximum atomic E-state index is 5.30. The molecule has 5 nitrogen and oxygen atoms in total. The molecule has 0 bridgehead atoms. The third-order valence-corrected chi connectivity index (χ3v) is 2.69. The van der Waals surface area contributed by atoms with Crippen molar-refractivity contribution in [3.05, 3.63) is 30.5 Å². The highest BCUT2D eigenvalue weighted by atomic mass is 16.3. The van der Waals surface area contributed by atoms with Gasteiger partial charge in [-0.05, 0) is 29.5 Å². The van der Waals surface area contributed by atoms with Gasteiger partial charge in [0.05, 0.1) is 6.26 Å². The first-order valence-corrected chi connectivity index (χ1v) is 6.08. The van der Waals surface area contributed by atoms with Crippen LogP contribution in [0.25, 0.3) is 22.4 Å². The Hall–Kier alpha value is -2.61. The monoisotopic (exact) mass is 252 g/mol. The molecule has 0 atom stereocenters. The molecule has 1 aromatic carbocycles. The smallest absolute Gasteiger partial charge is 0.204 e. The summed E-state index contributed by atoms with van der Waals surface area (Å²) in [6.45, 7) is 2.47. The first-order valence-electron chi connectivity index (χ1n) is 6.08. The van der Waals surface area contributed by atoms with Crippen molar-refractivity contribution >= 4 is 11.0 Å². The van der Waals surface area contributed by atoms with E-state index in [9.17, 15) is 0 Å². The summed E-state index contributed by atoms with van der Waals surface area (Å²) < 4.78 is 5.30. The molecule has 0 aliphatic rings. The Balaban J connectivity index is 1.88. The van der Waals surface area contributed by atoms with Gasteiger partial charge in [-0.1, -0.05) is 12.8 Å². The van der Waals surface area contributed by atoms with Crippen LogP contribution in [0.4, 0.5) is 0 Å². The zero-order chi connectivity index (χ0) is 13.1. The highest BCUT2D eigenvalue weighted by Gasteiger charge is 2.07. The highest BCUT2D eigenvalue weighted by molar-refractivity contribution is 5.81. The van der Waals surface area contributed by atoms with Gasteiger partial charge in [0.1, 0.15) is 12.1 Å². The Labute approximate surface area is 110 Å². The number of benzene rings is 1. The van der Waals surface area contributed by atoms with Crippen molar-refractivity contribution in [3.8, 4) is 23.2 Å². The van der Waals surface area contributed by atoms with Gasteiger partial charge in [0.15, 0.2) is 0 Å². The Morgan fingerprint density at radius 3 is 3.11 bits per heavy atom. The average Bonchev–Trinajstić information content (AvgIpc) is 3.06. The molecule has 94 valence electrons. The van der Waals surface area contributed by atoms with Crippen LogP contribution in [0.5, 0.6) is 0 Å².